The van der Waals surface area contributed by atoms with Crippen LogP contribution in [0.3, 0.4) is 0 Å². The molecule has 1 saturated heterocycles. The molecule has 3 aromatic rings. The zero-order chi connectivity index (χ0) is 21.4. The maximum absolute atomic E-state index is 13.0. The van der Waals surface area contributed by atoms with Crippen LogP contribution >= 0.6 is 11.6 Å². The minimum Gasteiger partial charge on any atom is -0.508 e. The zero-order valence-corrected chi connectivity index (χ0v) is 16.8. The number of Topliss-reactive ketones (excluding diaryl/α,β-unsaturated/α-hetero) is 1. The van der Waals surface area contributed by atoms with Gasteiger partial charge < -0.3 is 10.2 Å². The predicted molar refractivity (Wildman–Crippen MR) is 116 cm³/mol. The number of hydrogen-bond donors (Lipinski definition) is 2. The molecule has 0 aromatic heterocycles. The number of aliphatic hydroxyl groups is 1. The number of phenols is 1. The molecule has 0 bridgehead atoms. The maximum Gasteiger partial charge on any atom is 0.300 e. The lowest BCUT2D eigenvalue weighted by Gasteiger charge is -2.25. The number of amides is 1. The van der Waals surface area contributed by atoms with Gasteiger partial charge in [0.05, 0.1) is 11.6 Å². The van der Waals surface area contributed by atoms with Crippen molar-refractivity contribution in [3.8, 4) is 5.75 Å². The standard InChI is InChI=1S/C24H18ClNO4/c1-14-5-7-15(8-6-14)22(28)20-21(16-3-2-4-19(27)13-16)26(24(30)23(20)29)18-11-9-17(25)10-12-18/h2-13,21,27-28H,1H3. The summed E-state index contributed by atoms with van der Waals surface area (Å²) in [6, 6.07) is 18.9. The van der Waals surface area contributed by atoms with Gasteiger partial charge in [-0.15, -0.1) is 0 Å². The molecule has 150 valence electrons. The van der Waals surface area contributed by atoms with Crippen LogP contribution in [0.4, 0.5) is 5.69 Å². The minimum atomic E-state index is -0.903. The summed E-state index contributed by atoms with van der Waals surface area (Å²) in [5.74, 6) is -1.83. The highest BCUT2D eigenvalue weighted by Gasteiger charge is 2.47. The van der Waals surface area contributed by atoms with E-state index in [0.29, 0.717) is 21.8 Å². The van der Waals surface area contributed by atoms with Crippen LogP contribution in [0, 0.1) is 6.92 Å². The molecule has 0 aliphatic carbocycles. The summed E-state index contributed by atoms with van der Waals surface area (Å²) in [6.07, 6.45) is 0. The SMILES string of the molecule is Cc1ccc(C(O)=C2C(=O)C(=O)N(c3ccc(Cl)cc3)C2c2cccc(O)c2)cc1. The molecule has 1 atom stereocenters. The van der Waals surface area contributed by atoms with Crippen LogP contribution in [0.2, 0.25) is 5.02 Å². The van der Waals surface area contributed by atoms with Gasteiger partial charge in [0.15, 0.2) is 0 Å². The number of aliphatic hydroxyl groups excluding tert-OH is 1. The van der Waals surface area contributed by atoms with Crippen molar-refractivity contribution in [1.82, 2.24) is 0 Å². The average Bonchev–Trinajstić information content (AvgIpc) is 3.00. The minimum absolute atomic E-state index is 0.00969. The number of aromatic hydroxyl groups is 1. The van der Waals surface area contributed by atoms with Gasteiger partial charge in [0, 0.05) is 16.3 Å². The molecule has 5 nitrogen and oxygen atoms in total. The van der Waals surface area contributed by atoms with Gasteiger partial charge >= 0.3 is 0 Å². The van der Waals surface area contributed by atoms with Gasteiger partial charge in [-0.3, -0.25) is 14.5 Å². The Labute approximate surface area is 178 Å². The lowest BCUT2D eigenvalue weighted by molar-refractivity contribution is -0.132. The third-order valence-corrected chi connectivity index (χ3v) is 5.31. The Balaban J connectivity index is 1.95. The smallest absolute Gasteiger partial charge is 0.300 e. The van der Waals surface area contributed by atoms with E-state index in [1.807, 2.05) is 19.1 Å². The monoisotopic (exact) mass is 419 g/mol. The van der Waals surface area contributed by atoms with Crippen LogP contribution in [-0.4, -0.2) is 21.9 Å². The molecular weight excluding hydrogens is 402 g/mol. The Bertz CT molecular complexity index is 1170. The fraction of sp³-hybridized carbons (Fsp3) is 0.0833. The van der Waals surface area contributed by atoms with Gasteiger partial charge in [-0.25, -0.2) is 0 Å². The molecule has 0 saturated carbocycles. The number of carbonyl (C=O) groups is 2. The fourth-order valence-corrected chi connectivity index (χ4v) is 3.70. The summed E-state index contributed by atoms with van der Waals surface area (Å²) >= 11 is 5.98. The Hall–Kier alpha value is -3.57. The topological polar surface area (TPSA) is 77.8 Å². The van der Waals surface area contributed by atoms with Gasteiger partial charge in [-0.1, -0.05) is 53.6 Å². The fourth-order valence-electron chi connectivity index (χ4n) is 3.58. The lowest BCUT2D eigenvalue weighted by Crippen LogP contribution is -2.29. The molecule has 1 aliphatic rings. The maximum atomic E-state index is 13.0. The first kappa shape index (κ1) is 19.7. The van der Waals surface area contributed by atoms with Crippen molar-refractivity contribution in [1.29, 1.82) is 0 Å². The first-order chi connectivity index (χ1) is 14.4. The molecule has 30 heavy (non-hydrogen) atoms. The number of nitrogens with zero attached hydrogens (tertiary/aromatic N) is 1. The third-order valence-electron chi connectivity index (χ3n) is 5.06. The second-order valence-corrected chi connectivity index (χ2v) is 7.54. The number of benzene rings is 3. The molecule has 0 spiro atoms. The Morgan fingerprint density at radius 3 is 2.27 bits per heavy atom. The highest BCUT2D eigenvalue weighted by molar-refractivity contribution is 6.51. The number of phenolic OH excluding ortho intramolecular Hbond substituents is 1. The molecule has 2 N–H and O–H groups in total. The number of anilines is 1. The average molecular weight is 420 g/mol. The first-order valence-electron chi connectivity index (χ1n) is 9.29. The summed E-state index contributed by atoms with van der Waals surface area (Å²) in [6.45, 7) is 1.91. The van der Waals surface area contributed by atoms with Crippen LogP contribution in [0.5, 0.6) is 5.75 Å². The van der Waals surface area contributed by atoms with Crippen molar-refractivity contribution in [3.05, 3.63) is 100 Å². The van der Waals surface area contributed by atoms with Crippen molar-refractivity contribution in [2.45, 2.75) is 13.0 Å². The lowest BCUT2D eigenvalue weighted by atomic mass is 9.94. The van der Waals surface area contributed by atoms with Crippen molar-refractivity contribution < 1.29 is 19.8 Å². The molecule has 1 amide bonds. The largest absolute Gasteiger partial charge is 0.508 e. The molecule has 3 aromatic carbocycles. The molecule has 1 heterocycles. The van der Waals surface area contributed by atoms with Crippen molar-refractivity contribution in [2.75, 3.05) is 4.90 Å². The molecule has 1 aliphatic heterocycles. The van der Waals surface area contributed by atoms with Crippen LogP contribution in [0.1, 0.15) is 22.7 Å². The first-order valence-corrected chi connectivity index (χ1v) is 9.67. The number of hydrogen-bond acceptors (Lipinski definition) is 4. The Morgan fingerprint density at radius 1 is 0.967 bits per heavy atom. The van der Waals surface area contributed by atoms with E-state index in [2.05, 4.69) is 0 Å². The van der Waals surface area contributed by atoms with Gasteiger partial charge in [-0.2, -0.15) is 0 Å². The summed E-state index contributed by atoms with van der Waals surface area (Å²) in [7, 11) is 0. The second-order valence-electron chi connectivity index (χ2n) is 7.11. The molecule has 0 radical (unpaired) electrons. The van der Waals surface area contributed by atoms with E-state index in [-0.39, 0.29) is 17.1 Å². The number of aryl methyl sites for hydroxylation is 1. The van der Waals surface area contributed by atoms with E-state index in [1.165, 1.54) is 17.0 Å². The second kappa shape index (κ2) is 7.69. The number of halogens is 1. The van der Waals surface area contributed by atoms with E-state index in [4.69, 9.17) is 11.6 Å². The third kappa shape index (κ3) is 3.44. The molecular formula is C24H18ClNO4. The zero-order valence-electron chi connectivity index (χ0n) is 16.0. The van der Waals surface area contributed by atoms with E-state index in [0.717, 1.165) is 5.56 Å². The van der Waals surface area contributed by atoms with Gasteiger partial charge in [0.1, 0.15) is 11.5 Å². The van der Waals surface area contributed by atoms with Crippen molar-refractivity contribution >= 4 is 34.7 Å². The molecule has 1 fully saturated rings. The normalized spacial score (nSPS) is 18.1. The van der Waals surface area contributed by atoms with Gasteiger partial charge in [0.2, 0.25) is 0 Å². The summed E-state index contributed by atoms with van der Waals surface area (Å²) in [5, 5.41) is 21.5. The Kier molecular flexibility index (Phi) is 5.06. The highest BCUT2D eigenvalue weighted by Crippen LogP contribution is 2.42. The summed E-state index contributed by atoms with van der Waals surface area (Å²) < 4.78 is 0. The van der Waals surface area contributed by atoms with Crippen LogP contribution in [0.15, 0.2) is 78.4 Å². The highest BCUT2D eigenvalue weighted by atomic mass is 35.5. The number of rotatable bonds is 3. The van der Waals surface area contributed by atoms with E-state index in [9.17, 15) is 19.8 Å². The van der Waals surface area contributed by atoms with Crippen molar-refractivity contribution in [3.63, 3.8) is 0 Å². The number of carbonyl (C=O) groups excluding carboxylic acids is 2. The van der Waals surface area contributed by atoms with Crippen LogP contribution < -0.4 is 4.90 Å². The van der Waals surface area contributed by atoms with Crippen LogP contribution in [-0.2, 0) is 9.59 Å². The predicted octanol–water partition coefficient (Wildman–Crippen LogP) is 4.98. The van der Waals surface area contributed by atoms with E-state index in [1.54, 1.807) is 48.5 Å². The summed E-state index contributed by atoms with van der Waals surface area (Å²) in [5.41, 5.74) is 2.34. The molecule has 6 heteroatoms. The number of ketones is 1. The summed E-state index contributed by atoms with van der Waals surface area (Å²) in [4.78, 5) is 27.3. The quantitative estimate of drug-likeness (QED) is 0.356. The van der Waals surface area contributed by atoms with Crippen LogP contribution in [0.25, 0.3) is 5.76 Å². The van der Waals surface area contributed by atoms with Gasteiger partial charge in [0.25, 0.3) is 11.7 Å². The van der Waals surface area contributed by atoms with E-state index >= 15 is 0 Å². The molecule has 1 unspecified atom stereocenters. The van der Waals surface area contributed by atoms with Gasteiger partial charge in [-0.05, 0) is 48.9 Å². The molecule has 4 rings (SSSR count). The van der Waals surface area contributed by atoms with Crippen molar-refractivity contribution in [2.24, 2.45) is 0 Å². The van der Waals surface area contributed by atoms with E-state index < -0.39 is 17.7 Å². The Morgan fingerprint density at radius 2 is 1.63 bits per heavy atom.